The highest BCUT2D eigenvalue weighted by Crippen LogP contribution is 2.24. The Hall–Kier alpha value is -1.27. The van der Waals surface area contributed by atoms with Crippen LogP contribution >= 0.6 is 0 Å². The van der Waals surface area contributed by atoms with Crippen molar-refractivity contribution in [1.82, 2.24) is 0 Å². The van der Waals surface area contributed by atoms with Crippen molar-refractivity contribution in [3.05, 3.63) is 24.3 Å². The molecule has 0 radical (unpaired) electrons. The fraction of sp³-hybridized carbons (Fsp3) is 0.455. The molecule has 0 aliphatic heterocycles. The number of anilines is 1. The number of aliphatic hydroxyl groups is 1. The number of hydrogen-bond donors (Lipinski definition) is 2. The van der Waals surface area contributed by atoms with E-state index in [2.05, 4.69) is 4.72 Å². The molecule has 0 fully saturated rings. The Bertz CT molecular complexity index is 445. The molecule has 0 saturated heterocycles. The first-order valence-electron chi connectivity index (χ1n) is 5.42. The third kappa shape index (κ3) is 4.62. The van der Waals surface area contributed by atoms with Crippen LogP contribution in [0.15, 0.2) is 24.3 Å². The van der Waals surface area contributed by atoms with E-state index in [1.54, 1.807) is 24.3 Å². The highest BCUT2D eigenvalue weighted by atomic mass is 32.2. The molecule has 2 N–H and O–H groups in total. The number of benzene rings is 1. The van der Waals surface area contributed by atoms with E-state index < -0.39 is 10.0 Å². The third-order valence-electron chi connectivity index (χ3n) is 2.02. The molecule has 0 atom stereocenters. The zero-order chi connectivity index (χ0) is 12.7. The molecule has 1 rings (SSSR count). The van der Waals surface area contributed by atoms with Crippen LogP contribution in [0.2, 0.25) is 0 Å². The Kier molecular flexibility index (Phi) is 5.24. The Labute approximate surface area is 101 Å². The summed E-state index contributed by atoms with van der Waals surface area (Å²) < 4.78 is 31.0. The molecule has 96 valence electrons. The normalized spacial score (nSPS) is 11.2. The molecule has 1 aromatic carbocycles. The summed E-state index contributed by atoms with van der Waals surface area (Å²) in [5.41, 5.74) is 0.423. The Morgan fingerprint density at radius 1 is 1.35 bits per heavy atom. The second kappa shape index (κ2) is 6.46. The van der Waals surface area contributed by atoms with Crippen molar-refractivity contribution in [2.45, 2.75) is 13.3 Å². The van der Waals surface area contributed by atoms with Gasteiger partial charge in [0, 0.05) is 6.61 Å². The van der Waals surface area contributed by atoms with Gasteiger partial charge in [0.05, 0.1) is 18.0 Å². The van der Waals surface area contributed by atoms with E-state index in [9.17, 15) is 8.42 Å². The highest BCUT2D eigenvalue weighted by Gasteiger charge is 2.12. The number of rotatable bonds is 7. The van der Waals surface area contributed by atoms with Gasteiger partial charge in [-0.2, -0.15) is 0 Å². The lowest BCUT2D eigenvalue weighted by molar-refractivity contribution is 0.295. The Morgan fingerprint density at radius 3 is 2.71 bits per heavy atom. The fourth-order valence-electron chi connectivity index (χ4n) is 1.31. The maximum atomic E-state index is 11.6. The van der Waals surface area contributed by atoms with Gasteiger partial charge < -0.3 is 9.84 Å². The van der Waals surface area contributed by atoms with Gasteiger partial charge in [0.2, 0.25) is 10.0 Å². The van der Waals surface area contributed by atoms with Crippen LogP contribution in [0.1, 0.15) is 13.3 Å². The van der Waals surface area contributed by atoms with Crippen molar-refractivity contribution < 1.29 is 18.3 Å². The summed E-state index contributed by atoms with van der Waals surface area (Å²) in [6.07, 6.45) is 0.214. The van der Waals surface area contributed by atoms with Crippen LogP contribution in [0.3, 0.4) is 0 Å². The van der Waals surface area contributed by atoms with Crippen molar-refractivity contribution in [3.63, 3.8) is 0 Å². The first-order valence-corrected chi connectivity index (χ1v) is 7.07. The molecular weight excluding hydrogens is 242 g/mol. The largest absolute Gasteiger partial charge is 0.492 e. The molecule has 0 aliphatic carbocycles. The fourth-order valence-corrected chi connectivity index (χ4v) is 2.42. The van der Waals surface area contributed by atoms with Crippen LogP contribution in [0.4, 0.5) is 5.69 Å². The van der Waals surface area contributed by atoms with Crippen LogP contribution < -0.4 is 9.46 Å². The van der Waals surface area contributed by atoms with Crippen molar-refractivity contribution in [2.75, 3.05) is 23.7 Å². The Morgan fingerprint density at radius 2 is 2.06 bits per heavy atom. The maximum absolute atomic E-state index is 11.6. The lowest BCUT2D eigenvalue weighted by atomic mass is 10.3. The quantitative estimate of drug-likeness (QED) is 0.771. The van der Waals surface area contributed by atoms with Crippen molar-refractivity contribution in [3.8, 4) is 5.75 Å². The average Bonchev–Trinajstić information content (AvgIpc) is 2.29. The molecule has 0 spiro atoms. The van der Waals surface area contributed by atoms with Gasteiger partial charge in [-0.3, -0.25) is 4.72 Å². The topological polar surface area (TPSA) is 75.6 Å². The zero-order valence-electron chi connectivity index (χ0n) is 9.72. The summed E-state index contributed by atoms with van der Waals surface area (Å²) in [7, 11) is -3.43. The molecule has 6 heteroatoms. The minimum atomic E-state index is -3.43. The first kappa shape index (κ1) is 13.8. The van der Waals surface area contributed by atoms with Crippen molar-refractivity contribution >= 4 is 15.7 Å². The second-order valence-corrected chi connectivity index (χ2v) is 5.27. The van der Waals surface area contributed by atoms with Gasteiger partial charge in [0.15, 0.2) is 0 Å². The number of ether oxygens (including phenoxy) is 1. The predicted octanol–water partition coefficient (Wildman–Crippen LogP) is 1.21. The van der Waals surface area contributed by atoms with Crippen molar-refractivity contribution in [1.29, 1.82) is 0 Å². The predicted molar refractivity (Wildman–Crippen MR) is 66.7 cm³/mol. The average molecular weight is 259 g/mol. The number of nitrogens with one attached hydrogen (secondary N) is 1. The third-order valence-corrected chi connectivity index (χ3v) is 3.38. The highest BCUT2D eigenvalue weighted by molar-refractivity contribution is 7.92. The van der Waals surface area contributed by atoms with Gasteiger partial charge in [0.25, 0.3) is 0 Å². The SMILES string of the molecule is CCOc1ccccc1NS(=O)(=O)CCCO. The van der Waals surface area contributed by atoms with E-state index in [1.165, 1.54) is 0 Å². The minimum absolute atomic E-state index is 0.107. The van der Waals surface area contributed by atoms with Crippen LogP contribution in [0.5, 0.6) is 5.75 Å². The lowest BCUT2D eigenvalue weighted by Crippen LogP contribution is -2.18. The van der Waals surface area contributed by atoms with E-state index >= 15 is 0 Å². The molecule has 0 bridgehead atoms. The van der Waals surface area contributed by atoms with Crippen LogP contribution in [-0.4, -0.2) is 32.5 Å². The summed E-state index contributed by atoms with van der Waals surface area (Å²) in [5.74, 6) is 0.395. The minimum Gasteiger partial charge on any atom is -0.492 e. The Balaban J connectivity index is 2.80. The summed E-state index contributed by atoms with van der Waals surface area (Å²) in [5, 5.41) is 8.62. The molecular formula is C11H17NO4S. The molecule has 0 heterocycles. The standard InChI is InChI=1S/C11H17NO4S/c1-2-16-11-7-4-3-6-10(11)12-17(14,15)9-5-8-13/h3-4,6-7,12-13H,2,5,8-9H2,1H3. The monoisotopic (exact) mass is 259 g/mol. The molecule has 5 nitrogen and oxygen atoms in total. The zero-order valence-corrected chi connectivity index (χ0v) is 10.5. The maximum Gasteiger partial charge on any atom is 0.232 e. The second-order valence-electron chi connectivity index (χ2n) is 3.43. The number of para-hydroxylation sites is 2. The van der Waals surface area contributed by atoms with E-state index in [0.29, 0.717) is 18.0 Å². The van der Waals surface area contributed by atoms with Gasteiger partial charge in [0.1, 0.15) is 5.75 Å². The van der Waals surface area contributed by atoms with E-state index in [4.69, 9.17) is 9.84 Å². The van der Waals surface area contributed by atoms with E-state index in [0.717, 1.165) is 0 Å². The van der Waals surface area contributed by atoms with Gasteiger partial charge in [-0.1, -0.05) is 12.1 Å². The molecule has 0 unspecified atom stereocenters. The summed E-state index contributed by atoms with van der Waals surface area (Å²) in [4.78, 5) is 0. The summed E-state index contributed by atoms with van der Waals surface area (Å²) in [6.45, 7) is 2.15. The van der Waals surface area contributed by atoms with Crippen LogP contribution in [0, 0.1) is 0 Å². The molecule has 0 aromatic heterocycles. The van der Waals surface area contributed by atoms with Crippen LogP contribution in [0.25, 0.3) is 0 Å². The van der Waals surface area contributed by atoms with Crippen molar-refractivity contribution in [2.24, 2.45) is 0 Å². The number of sulfonamides is 1. The van der Waals surface area contributed by atoms with Gasteiger partial charge in [-0.25, -0.2) is 8.42 Å². The summed E-state index contributed by atoms with van der Waals surface area (Å²) in [6, 6.07) is 6.85. The first-order chi connectivity index (χ1) is 8.09. The van der Waals surface area contributed by atoms with Gasteiger partial charge in [-0.05, 0) is 25.5 Å². The van der Waals surface area contributed by atoms with Gasteiger partial charge in [-0.15, -0.1) is 0 Å². The van der Waals surface area contributed by atoms with E-state index in [-0.39, 0.29) is 18.8 Å². The van der Waals surface area contributed by atoms with E-state index in [1.807, 2.05) is 6.92 Å². The smallest absolute Gasteiger partial charge is 0.232 e. The lowest BCUT2D eigenvalue weighted by Gasteiger charge is -2.12. The van der Waals surface area contributed by atoms with Crippen LogP contribution in [-0.2, 0) is 10.0 Å². The molecule has 1 aromatic rings. The number of hydrogen-bond acceptors (Lipinski definition) is 4. The molecule has 0 saturated carbocycles. The molecule has 0 aliphatic rings. The molecule has 0 amide bonds. The summed E-state index contributed by atoms with van der Waals surface area (Å²) >= 11 is 0. The number of aliphatic hydroxyl groups excluding tert-OH is 1. The van der Waals surface area contributed by atoms with Gasteiger partial charge >= 0.3 is 0 Å². The molecule has 17 heavy (non-hydrogen) atoms.